The van der Waals surface area contributed by atoms with E-state index < -0.39 is 0 Å². The minimum absolute atomic E-state index is 0.163. The van der Waals surface area contributed by atoms with E-state index in [4.69, 9.17) is 9.15 Å². The van der Waals surface area contributed by atoms with E-state index >= 15 is 0 Å². The van der Waals surface area contributed by atoms with Crippen LogP contribution in [0.2, 0.25) is 0 Å². The molecule has 1 heterocycles. The number of benzene rings is 4. The number of hydrogen-bond donors (Lipinski definition) is 1. The molecule has 1 N–H and O–H groups in total. The van der Waals surface area contributed by atoms with Crippen LogP contribution in [0.25, 0.3) is 33.2 Å². The standard InChI is InChI=1S/C31H24N2O3/c32-21-27-29(23-11-3-1-4-12-23)30(24-13-5-2-6-14-24)36-31(27)33-28(34)16-9-19-35-26-18-17-22-10-7-8-15-25(22)20-26/h1-8,10-15,17-18,20H,9,16,19H2,(H,33,34). The Labute approximate surface area is 209 Å². The number of rotatable bonds is 8. The first kappa shape index (κ1) is 22.9. The molecule has 0 unspecified atom stereocenters. The molecule has 0 saturated carbocycles. The predicted octanol–water partition coefficient (Wildman–Crippen LogP) is 7.44. The summed E-state index contributed by atoms with van der Waals surface area (Å²) in [7, 11) is 0. The molecule has 5 rings (SSSR count). The van der Waals surface area contributed by atoms with Crippen LogP contribution in [0.5, 0.6) is 5.75 Å². The van der Waals surface area contributed by atoms with E-state index in [1.54, 1.807) is 0 Å². The van der Waals surface area contributed by atoms with Gasteiger partial charge in [0.05, 0.1) is 6.61 Å². The molecule has 5 aromatic rings. The third kappa shape index (κ3) is 4.98. The van der Waals surface area contributed by atoms with Gasteiger partial charge in [0.15, 0.2) is 0 Å². The summed E-state index contributed by atoms with van der Waals surface area (Å²) in [4.78, 5) is 12.7. The summed E-state index contributed by atoms with van der Waals surface area (Å²) >= 11 is 0. The Hall–Kier alpha value is -4.82. The zero-order valence-corrected chi connectivity index (χ0v) is 19.6. The molecule has 0 aliphatic carbocycles. The fourth-order valence-electron chi connectivity index (χ4n) is 4.17. The largest absolute Gasteiger partial charge is 0.494 e. The first-order valence-electron chi connectivity index (χ1n) is 11.8. The van der Waals surface area contributed by atoms with Gasteiger partial charge in [-0.3, -0.25) is 10.1 Å². The van der Waals surface area contributed by atoms with E-state index in [-0.39, 0.29) is 18.2 Å². The monoisotopic (exact) mass is 472 g/mol. The first-order chi connectivity index (χ1) is 17.7. The summed E-state index contributed by atoms with van der Waals surface area (Å²) in [6.45, 7) is 0.402. The number of furan rings is 1. The van der Waals surface area contributed by atoms with Crippen LogP contribution in [0.4, 0.5) is 5.88 Å². The Morgan fingerprint density at radius 1 is 0.833 bits per heavy atom. The molecular weight excluding hydrogens is 448 g/mol. The molecule has 1 amide bonds. The molecule has 36 heavy (non-hydrogen) atoms. The number of amides is 1. The van der Waals surface area contributed by atoms with Crippen molar-refractivity contribution in [3.8, 4) is 34.3 Å². The van der Waals surface area contributed by atoms with Crippen LogP contribution in [-0.4, -0.2) is 12.5 Å². The topological polar surface area (TPSA) is 75.3 Å². The lowest BCUT2D eigenvalue weighted by molar-refractivity contribution is -0.116. The third-order valence-corrected chi connectivity index (χ3v) is 5.91. The van der Waals surface area contributed by atoms with Crippen LogP contribution in [0.1, 0.15) is 18.4 Å². The molecule has 0 saturated heterocycles. The fraction of sp³-hybridized carbons (Fsp3) is 0.0968. The molecule has 5 nitrogen and oxygen atoms in total. The van der Waals surface area contributed by atoms with E-state index in [0.717, 1.165) is 27.6 Å². The minimum atomic E-state index is -0.235. The van der Waals surface area contributed by atoms with Gasteiger partial charge in [0.1, 0.15) is 23.1 Å². The molecule has 0 fully saturated rings. The van der Waals surface area contributed by atoms with Crippen molar-refractivity contribution in [2.24, 2.45) is 0 Å². The lowest BCUT2D eigenvalue weighted by Gasteiger charge is -2.07. The molecule has 0 radical (unpaired) electrons. The summed E-state index contributed by atoms with van der Waals surface area (Å²) in [6.07, 6.45) is 0.763. The highest BCUT2D eigenvalue weighted by molar-refractivity contribution is 5.95. The number of nitrogens with one attached hydrogen (secondary N) is 1. The van der Waals surface area contributed by atoms with Crippen molar-refractivity contribution < 1.29 is 13.9 Å². The van der Waals surface area contributed by atoms with Crippen molar-refractivity contribution in [1.29, 1.82) is 5.26 Å². The summed E-state index contributed by atoms with van der Waals surface area (Å²) in [5.41, 5.74) is 2.65. The second-order valence-corrected chi connectivity index (χ2v) is 8.36. The summed E-state index contributed by atoms with van der Waals surface area (Å²) in [5.74, 6) is 1.25. The van der Waals surface area contributed by atoms with Gasteiger partial charge in [-0.1, -0.05) is 91.0 Å². The quantitative estimate of drug-likeness (QED) is 0.238. The molecule has 5 heteroatoms. The minimum Gasteiger partial charge on any atom is -0.494 e. The van der Waals surface area contributed by atoms with Gasteiger partial charge in [-0.2, -0.15) is 5.26 Å². The molecule has 0 atom stereocenters. The average Bonchev–Trinajstić information content (AvgIpc) is 3.30. The van der Waals surface area contributed by atoms with Crippen LogP contribution >= 0.6 is 0 Å². The number of anilines is 1. The van der Waals surface area contributed by atoms with Gasteiger partial charge in [-0.25, -0.2) is 0 Å². The molecule has 0 bridgehead atoms. The maximum atomic E-state index is 12.7. The molecule has 4 aromatic carbocycles. The van der Waals surface area contributed by atoms with E-state index in [0.29, 0.717) is 29.9 Å². The van der Waals surface area contributed by atoms with Crippen molar-refractivity contribution in [3.63, 3.8) is 0 Å². The van der Waals surface area contributed by atoms with Crippen LogP contribution in [0, 0.1) is 11.3 Å². The highest BCUT2D eigenvalue weighted by Crippen LogP contribution is 2.41. The Bertz CT molecular complexity index is 1530. The Morgan fingerprint density at radius 2 is 1.50 bits per heavy atom. The van der Waals surface area contributed by atoms with Gasteiger partial charge < -0.3 is 9.15 Å². The maximum Gasteiger partial charge on any atom is 0.226 e. The molecular formula is C31H24N2O3. The van der Waals surface area contributed by atoms with Crippen LogP contribution in [0.3, 0.4) is 0 Å². The second-order valence-electron chi connectivity index (χ2n) is 8.36. The fourth-order valence-corrected chi connectivity index (χ4v) is 4.17. The molecule has 176 valence electrons. The van der Waals surface area contributed by atoms with Crippen molar-refractivity contribution >= 4 is 22.6 Å². The highest BCUT2D eigenvalue weighted by Gasteiger charge is 2.24. The summed E-state index contributed by atoms with van der Waals surface area (Å²) in [5, 5.41) is 15.0. The van der Waals surface area contributed by atoms with E-state index in [2.05, 4.69) is 17.5 Å². The Morgan fingerprint density at radius 3 is 2.22 bits per heavy atom. The van der Waals surface area contributed by atoms with Crippen LogP contribution < -0.4 is 10.1 Å². The molecule has 0 aliphatic heterocycles. The van der Waals surface area contributed by atoms with Crippen molar-refractivity contribution in [1.82, 2.24) is 0 Å². The lowest BCUT2D eigenvalue weighted by atomic mass is 9.98. The highest BCUT2D eigenvalue weighted by atomic mass is 16.5. The number of fused-ring (bicyclic) bond motifs is 1. The van der Waals surface area contributed by atoms with Crippen LogP contribution in [0.15, 0.2) is 108 Å². The number of nitriles is 1. The van der Waals surface area contributed by atoms with Gasteiger partial charge in [-0.15, -0.1) is 0 Å². The van der Waals surface area contributed by atoms with Gasteiger partial charge >= 0.3 is 0 Å². The SMILES string of the molecule is N#Cc1c(NC(=O)CCCOc2ccc3ccccc3c2)oc(-c2ccccc2)c1-c1ccccc1. The summed E-state index contributed by atoms with van der Waals surface area (Å²) in [6, 6.07) is 35.4. The van der Waals surface area contributed by atoms with Gasteiger partial charge in [0, 0.05) is 17.5 Å². The average molecular weight is 473 g/mol. The number of nitrogens with zero attached hydrogens (tertiary/aromatic N) is 1. The van der Waals surface area contributed by atoms with E-state index in [1.165, 1.54) is 0 Å². The van der Waals surface area contributed by atoms with Gasteiger partial charge in [-0.05, 0) is 34.9 Å². The predicted molar refractivity (Wildman–Crippen MR) is 142 cm³/mol. The Kier molecular flexibility index (Phi) is 6.77. The summed E-state index contributed by atoms with van der Waals surface area (Å²) < 4.78 is 11.9. The van der Waals surface area contributed by atoms with E-state index in [9.17, 15) is 10.1 Å². The second kappa shape index (κ2) is 10.6. The maximum absolute atomic E-state index is 12.7. The molecule has 0 spiro atoms. The number of ether oxygens (including phenoxy) is 1. The third-order valence-electron chi connectivity index (χ3n) is 5.91. The van der Waals surface area contributed by atoms with Crippen LogP contribution in [-0.2, 0) is 4.79 Å². The van der Waals surface area contributed by atoms with Gasteiger partial charge in [0.25, 0.3) is 0 Å². The zero-order chi connectivity index (χ0) is 24.7. The van der Waals surface area contributed by atoms with Crippen molar-refractivity contribution in [2.75, 3.05) is 11.9 Å². The molecule has 1 aromatic heterocycles. The van der Waals surface area contributed by atoms with Crippen molar-refractivity contribution in [2.45, 2.75) is 12.8 Å². The number of carbonyl (C=O) groups is 1. The lowest BCUT2D eigenvalue weighted by Crippen LogP contribution is -2.13. The van der Waals surface area contributed by atoms with Crippen molar-refractivity contribution in [3.05, 3.63) is 109 Å². The first-order valence-corrected chi connectivity index (χ1v) is 11.8. The molecule has 0 aliphatic rings. The number of hydrogen-bond acceptors (Lipinski definition) is 4. The Balaban J connectivity index is 1.28. The normalized spacial score (nSPS) is 10.6. The van der Waals surface area contributed by atoms with E-state index in [1.807, 2.05) is 97.1 Å². The zero-order valence-electron chi connectivity index (χ0n) is 19.6. The van der Waals surface area contributed by atoms with Gasteiger partial charge in [0.2, 0.25) is 11.8 Å². The smallest absolute Gasteiger partial charge is 0.226 e. The number of carbonyl (C=O) groups excluding carboxylic acids is 1.